The van der Waals surface area contributed by atoms with Crippen LogP contribution in [0, 0.1) is 5.82 Å². The number of nitrogens with one attached hydrogen (secondary N) is 4. The number of benzene rings is 1. The van der Waals surface area contributed by atoms with Gasteiger partial charge in [-0.15, -0.1) is 5.10 Å². The maximum Gasteiger partial charge on any atom is 0.256 e. The molecule has 0 saturated carbocycles. The van der Waals surface area contributed by atoms with Crippen molar-refractivity contribution < 1.29 is 18.3 Å². The molecule has 12 heteroatoms. The van der Waals surface area contributed by atoms with Gasteiger partial charge >= 0.3 is 0 Å². The molecule has 1 saturated heterocycles. The number of carbonyl (C=O) groups is 1. The fourth-order valence-corrected chi connectivity index (χ4v) is 4.01. The summed E-state index contributed by atoms with van der Waals surface area (Å²) in [5.74, 6) is -0.424. The number of fused-ring (bicyclic) bond motifs is 1. The van der Waals surface area contributed by atoms with Gasteiger partial charge in [-0.2, -0.15) is 0 Å². The van der Waals surface area contributed by atoms with Crippen LogP contribution < -0.4 is 20.7 Å². The molecule has 1 aliphatic rings. The van der Waals surface area contributed by atoms with Gasteiger partial charge in [0.15, 0.2) is 5.82 Å². The fourth-order valence-electron chi connectivity index (χ4n) is 4.01. The molecule has 34 heavy (non-hydrogen) atoms. The first-order valence-electron chi connectivity index (χ1n) is 10.6. The van der Waals surface area contributed by atoms with Gasteiger partial charge in [-0.25, -0.2) is 18.7 Å². The summed E-state index contributed by atoms with van der Waals surface area (Å²) in [4.78, 5) is 24.0. The average Bonchev–Trinajstić information content (AvgIpc) is 3.53. The van der Waals surface area contributed by atoms with Crippen LogP contribution in [0.3, 0.4) is 0 Å². The van der Waals surface area contributed by atoms with Crippen molar-refractivity contribution in [1.29, 1.82) is 0 Å². The predicted octanol–water partition coefficient (Wildman–Crippen LogP) is 2.89. The number of hydrogen-bond donors (Lipinski definition) is 4. The van der Waals surface area contributed by atoms with Crippen LogP contribution in [0.1, 0.15) is 6.42 Å². The quantitative estimate of drug-likeness (QED) is 0.343. The van der Waals surface area contributed by atoms with Crippen LogP contribution in [0.15, 0.2) is 36.8 Å². The van der Waals surface area contributed by atoms with E-state index in [4.69, 9.17) is 4.74 Å². The summed E-state index contributed by atoms with van der Waals surface area (Å²) < 4.78 is 35.0. The Hall–Kier alpha value is -4.06. The van der Waals surface area contributed by atoms with E-state index in [1.165, 1.54) is 7.11 Å². The third kappa shape index (κ3) is 4.03. The van der Waals surface area contributed by atoms with E-state index in [1.54, 1.807) is 42.3 Å². The number of carbonyl (C=O) groups excluding carboxylic acids is 1. The number of aromatic amines is 1. The molecule has 2 atom stereocenters. The van der Waals surface area contributed by atoms with E-state index in [9.17, 15) is 13.6 Å². The maximum absolute atomic E-state index is 14.8. The van der Waals surface area contributed by atoms with Crippen LogP contribution in [-0.4, -0.2) is 56.5 Å². The topological polar surface area (TPSA) is 122 Å². The van der Waals surface area contributed by atoms with Crippen LogP contribution in [0.2, 0.25) is 0 Å². The molecule has 0 unspecified atom stereocenters. The summed E-state index contributed by atoms with van der Waals surface area (Å²) in [5.41, 5.74) is 2.21. The minimum absolute atomic E-state index is 0.0767. The largest absolute Gasteiger partial charge is 0.478 e. The van der Waals surface area contributed by atoms with Gasteiger partial charge in [-0.05, 0) is 6.07 Å². The summed E-state index contributed by atoms with van der Waals surface area (Å²) >= 11 is 0. The Morgan fingerprint density at radius 2 is 2.18 bits per heavy atom. The third-order valence-corrected chi connectivity index (χ3v) is 5.60. The lowest BCUT2D eigenvalue weighted by Crippen LogP contribution is -2.35. The fraction of sp³-hybridized carbons (Fsp3) is 0.273. The molecule has 0 radical (unpaired) electrons. The third-order valence-electron chi connectivity index (χ3n) is 5.60. The van der Waals surface area contributed by atoms with E-state index in [0.29, 0.717) is 33.7 Å². The minimum Gasteiger partial charge on any atom is -0.478 e. The Balaban J connectivity index is 1.46. The van der Waals surface area contributed by atoms with Gasteiger partial charge in [-0.1, -0.05) is 12.1 Å². The van der Waals surface area contributed by atoms with E-state index in [-0.39, 0.29) is 30.5 Å². The van der Waals surface area contributed by atoms with Crippen molar-refractivity contribution >= 4 is 34.1 Å². The molecule has 4 aromatic rings. The zero-order valence-corrected chi connectivity index (χ0v) is 18.4. The van der Waals surface area contributed by atoms with Gasteiger partial charge < -0.3 is 25.7 Å². The first kappa shape index (κ1) is 21.8. The molecule has 3 aromatic heterocycles. The molecule has 1 aromatic carbocycles. The number of ether oxygens (including phenoxy) is 1. The number of hydrogen-bond acceptors (Lipinski definition) is 7. The Morgan fingerprint density at radius 3 is 2.94 bits per heavy atom. The molecule has 4 N–H and O–H groups in total. The van der Waals surface area contributed by atoms with Crippen molar-refractivity contribution in [2.24, 2.45) is 7.05 Å². The van der Waals surface area contributed by atoms with Gasteiger partial charge in [0.2, 0.25) is 11.9 Å². The maximum atomic E-state index is 14.8. The van der Waals surface area contributed by atoms with E-state index in [1.807, 2.05) is 0 Å². The lowest BCUT2D eigenvalue weighted by atomic mass is 10.1. The second-order valence-electron chi connectivity index (χ2n) is 7.95. The van der Waals surface area contributed by atoms with E-state index in [2.05, 4.69) is 36.0 Å². The monoisotopic (exact) mass is 468 g/mol. The number of aromatic nitrogens is 5. The Kier molecular flexibility index (Phi) is 5.57. The molecule has 1 aliphatic heterocycles. The second-order valence-corrected chi connectivity index (χ2v) is 7.95. The lowest BCUT2D eigenvalue weighted by molar-refractivity contribution is -0.117. The van der Waals surface area contributed by atoms with Gasteiger partial charge in [0, 0.05) is 37.2 Å². The number of aryl methyl sites for hydroxylation is 1. The van der Waals surface area contributed by atoms with Gasteiger partial charge in [-0.3, -0.25) is 9.48 Å². The highest BCUT2D eigenvalue weighted by Crippen LogP contribution is 2.34. The molecule has 0 aliphatic carbocycles. The molecular weight excluding hydrogens is 446 g/mol. The van der Waals surface area contributed by atoms with E-state index < -0.39 is 18.0 Å². The number of anilines is 3. The number of halogens is 2. The highest BCUT2D eigenvalue weighted by molar-refractivity contribution is 6.06. The highest BCUT2D eigenvalue weighted by Gasteiger charge is 2.29. The van der Waals surface area contributed by atoms with Gasteiger partial charge in [0.05, 0.1) is 36.7 Å². The first-order valence-corrected chi connectivity index (χ1v) is 10.6. The molecule has 4 heterocycles. The smallest absolute Gasteiger partial charge is 0.256 e. The van der Waals surface area contributed by atoms with Crippen LogP contribution in [-0.2, 0) is 11.8 Å². The van der Waals surface area contributed by atoms with E-state index >= 15 is 0 Å². The normalized spacial score (nSPS) is 17.8. The zero-order valence-electron chi connectivity index (χ0n) is 18.4. The molecule has 10 nitrogen and oxygen atoms in total. The number of methoxy groups -OCH3 is 1. The molecule has 5 rings (SSSR count). The summed E-state index contributed by atoms with van der Waals surface area (Å²) in [5, 5.41) is 13.5. The summed E-state index contributed by atoms with van der Waals surface area (Å²) in [6.07, 6.45) is 3.47. The number of H-pyrrole nitrogens is 1. The van der Waals surface area contributed by atoms with Crippen molar-refractivity contribution in [2.45, 2.75) is 18.6 Å². The number of rotatable bonds is 6. The predicted molar refractivity (Wildman–Crippen MR) is 122 cm³/mol. The average molecular weight is 468 g/mol. The summed E-state index contributed by atoms with van der Waals surface area (Å²) in [7, 11) is 3.23. The minimum atomic E-state index is -1.04. The Labute approximate surface area is 192 Å². The van der Waals surface area contributed by atoms with Crippen molar-refractivity contribution in [3.8, 4) is 17.1 Å². The molecule has 0 bridgehead atoms. The van der Waals surface area contributed by atoms with E-state index in [0.717, 1.165) is 6.20 Å². The number of para-hydroxylation sites is 1. The number of alkyl halides is 1. The van der Waals surface area contributed by atoms with Crippen LogP contribution >= 0.6 is 0 Å². The number of nitrogens with zero attached hydrogens (tertiary/aromatic N) is 4. The molecule has 176 valence electrons. The lowest BCUT2D eigenvalue weighted by Gasteiger charge is -2.12. The van der Waals surface area contributed by atoms with Crippen molar-refractivity contribution in [3.05, 3.63) is 42.6 Å². The van der Waals surface area contributed by atoms with Gasteiger partial charge in [0.25, 0.3) is 5.88 Å². The van der Waals surface area contributed by atoms with Crippen molar-refractivity contribution in [1.82, 2.24) is 30.0 Å². The van der Waals surface area contributed by atoms with Crippen LogP contribution in [0.5, 0.6) is 5.88 Å². The van der Waals surface area contributed by atoms with Crippen molar-refractivity contribution in [3.63, 3.8) is 0 Å². The SMILES string of the molecule is COc1nn(C)cc1Nc1ncc(F)c(-c2c[nH]c3c(NC(=O)[C@H]4C[C@H](F)CN4)cccc23)n1. The zero-order chi connectivity index (χ0) is 23.8. The highest BCUT2D eigenvalue weighted by atomic mass is 19.1. The Bertz CT molecular complexity index is 1370. The second kappa shape index (κ2) is 8.71. The molecule has 1 fully saturated rings. The summed E-state index contributed by atoms with van der Waals surface area (Å²) in [6, 6.07) is 4.66. The molecule has 0 spiro atoms. The summed E-state index contributed by atoms with van der Waals surface area (Å²) in [6.45, 7) is 0.156. The Morgan fingerprint density at radius 1 is 1.32 bits per heavy atom. The standard InChI is InChI=1S/C22H22F2N8O2/c1-32-10-17(21(31-32)34-2)29-22-27-9-14(24)18(30-22)13-8-26-19-12(13)4-3-5-15(19)28-20(33)16-6-11(23)7-25-16/h3-5,8-11,16,25-26H,6-7H2,1-2H3,(H,28,33)(H,27,29,30)/t11-,16+/m0/s1. The van der Waals surface area contributed by atoms with Gasteiger partial charge in [0.1, 0.15) is 17.6 Å². The van der Waals surface area contributed by atoms with Crippen LogP contribution in [0.25, 0.3) is 22.2 Å². The first-order chi connectivity index (χ1) is 16.4. The molecule has 1 amide bonds. The van der Waals surface area contributed by atoms with Crippen molar-refractivity contribution in [2.75, 3.05) is 24.3 Å². The van der Waals surface area contributed by atoms with Crippen LogP contribution in [0.4, 0.5) is 26.1 Å². The molecular formula is C22H22F2N8O2. The number of amides is 1.